The molecule has 5 nitrogen and oxygen atoms in total. The van der Waals surface area contributed by atoms with Crippen molar-refractivity contribution in [3.8, 4) is 5.75 Å². The van der Waals surface area contributed by atoms with E-state index in [0.717, 1.165) is 25.2 Å². The number of benzene rings is 1. The van der Waals surface area contributed by atoms with Gasteiger partial charge in [-0.2, -0.15) is 0 Å². The molecular weight excluding hydrogens is 342 g/mol. The Labute approximate surface area is 127 Å². The summed E-state index contributed by atoms with van der Waals surface area (Å²) in [6.07, 6.45) is 1.26. The second kappa shape index (κ2) is 5.96. The van der Waals surface area contributed by atoms with Crippen LogP contribution in [-0.2, 0) is 10.1 Å². The number of hydrogen-bond donors (Lipinski definition) is 1. The fraction of sp³-hybridized carbons (Fsp3) is 0.500. The van der Waals surface area contributed by atoms with E-state index in [1.807, 2.05) is 7.05 Å². The average Bonchev–Trinajstić information content (AvgIpc) is 2.41. The van der Waals surface area contributed by atoms with Crippen molar-refractivity contribution in [2.75, 3.05) is 32.5 Å². The Kier molecular flexibility index (Phi) is 4.73. The van der Waals surface area contributed by atoms with Gasteiger partial charge < -0.3 is 0 Å². The van der Waals surface area contributed by atoms with Crippen molar-refractivity contribution in [3.63, 3.8) is 0 Å². The fourth-order valence-corrected chi connectivity index (χ4v) is 5.85. The molecule has 0 aliphatic carbocycles. The number of hydrogen-bond acceptors (Lipinski definition) is 5. The summed E-state index contributed by atoms with van der Waals surface area (Å²) in [6, 6.07) is 5.17. The summed E-state index contributed by atoms with van der Waals surface area (Å²) in [4.78, 5) is 12.8. The van der Waals surface area contributed by atoms with E-state index >= 15 is 0 Å². The van der Waals surface area contributed by atoms with E-state index in [0.29, 0.717) is 17.6 Å². The average molecular weight is 359 g/mol. The van der Waals surface area contributed by atoms with E-state index in [2.05, 4.69) is 9.08 Å². The maximum absolute atomic E-state index is 12.2. The Balaban J connectivity index is 2.14. The molecule has 0 saturated carbocycles. The van der Waals surface area contributed by atoms with Gasteiger partial charge in [0, 0.05) is 0 Å². The van der Waals surface area contributed by atoms with Crippen LogP contribution in [0.3, 0.4) is 0 Å². The molecule has 0 radical (unpaired) electrons. The molecule has 1 aromatic carbocycles. The summed E-state index contributed by atoms with van der Waals surface area (Å²) in [7, 11) is -6.36. The summed E-state index contributed by atoms with van der Waals surface area (Å²) in [6.45, 7) is 1.51. The second-order valence-corrected chi connectivity index (χ2v) is 10.5. The Hall–Kier alpha value is -0.890. The summed E-state index contributed by atoms with van der Waals surface area (Å²) < 4.78 is 62.6. The summed E-state index contributed by atoms with van der Waals surface area (Å²) in [5, 5.41) is 0.664. The van der Waals surface area contributed by atoms with Gasteiger partial charge in [-0.05, 0) is 0 Å². The first-order valence-corrected chi connectivity index (χ1v) is 10.3. The van der Waals surface area contributed by atoms with Crippen LogP contribution in [0.15, 0.2) is 24.3 Å². The third-order valence-electron chi connectivity index (χ3n) is 3.70. The van der Waals surface area contributed by atoms with E-state index < -0.39 is 28.9 Å². The zero-order chi connectivity index (χ0) is 16.6. The normalized spacial score (nSPS) is 21.3. The van der Waals surface area contributed by atoms with Gasteiger partial charge >= 0.3 is 126 Å². The molecule has 1 aromatic rings. The van der Waals surface area contributed by atoms with Gasteiger partial charge in [0.25, 0.3) is 0 Å². The first-order valence-electron chi connectivity index (χ1n) is 6.56. The molecule has 1 heterocycles. The molecule has 1 aliphatic heterocycles. The maximum atomic E-state index is 12.2. The van der Waals surface area contributed by atoms with E-state index in [-0.39, 0.29) is 0 Å². The van der Waals surface area contributed by atoms with Crippen LogP contribution in [0.1, 0.15) is 0 Å². The van der Waals surface area contributed by atoms with Crippen molar-refractivity contribution >= 4 is 22.9 Å². The monoisotopic (exact) mass is 359 g/mol. The molecule has 126 valence electrons. The molecule has 0 spiro atoms. The van der Waals surface area contributed by atoms with Gasteiger partial charge in [0.1, 0.15) is 0 Å². The first kappa shape index (κ1) is 17.5. The molecule has 10 heteroatoms. The number of rotatable bonds is 3. The molecule has 0 aromatic heterocycles. The minimum atomic E-state index is -5.67. The predicted molar refractivity (Wildman–Crippen MR) is 79.4 cm³/mol. The molecule has 1 N–H and O–H groups in total. The predicted octanol–water partition coefficient (Wildman–Crippen LogP) is 1.14. The van der Waals surface area contributed by atoms with Crippen LogP contribution in [0.5, 0.6) is 5.75 Å². The SMILES string of the molecule is CN1CC[PH](O)(c2ccc(OS(=O)(=O)C(F)(F)F)cc2)CC1. The molecule has 0 unspecified atom stereocenters. The molecule has 0 atom stereocenters. The summed E-state index contributed by atoms with van der Waals surface area (Å²) in [5.74, 6) is -0.424. The van der Waals surface area contributed by atoms with Crippen molar-refractivity contribution in [3.05, 3.63) is 24.3 Å². The molecule has 1 saturated heterocycles. The van der Waals surface area contributed by atoms with E-state index in [1.54, 1.807) is 0 Å². The van der Waals surface area contributed by atoms with Crippen LogP contribution in [0.25, 0.3) is 0 Å². The summed E-state index contributed by atoms with van der Waals surface area (Å²) in [5.41, 5.74) is -5.47. The van der Waals surface area contributed by atoms with E-state index in [1.165, 1.54) is 12.1 Å². The van der Waals surface area contributed by atoms with Crippen LogP contribution < -0.4 is 9.49 Å². The van der Waals surface area contributed by atoms with Gasteiger partial charge in [-0.15, -0.1) is 0 Å². The molecule has 0 amide bonds. The second-order valence-electron chi connectivity index (χ2n) is 5.34. The van der Waals surface area contributed by atoms with Gasteiger partial charge in [0.15, 0.2) is 0 Å². The Morgan fingerprint density at radius 1 is 1.18 bits per heavy atom. The number of nitrogens with zero attached hydrogens (tertiary/aromatic N) is 1. The molecule has 2 rings (SSSR count). The van der Waals surface area contributed by atoms with E-state index in [4.69, 9.17) is 0 Å². The van der Waals surface area contributed by atoms with Crippen molar-refractivity contribution < 1.29 is 30.7 Å². The first-order chi connectivity index (χ1) is 10.0. The molecule has 22 heavy (non-hydrogen) atoms. The van der Waals surface area contributed by atoms with E-state index in [9.17, 15) is 26.5 Å². The molecular formula is C12H17F3NO4PS. The third kappa shape index (κ3) is 3.71. The fourth-order valence-electron chi connectivity index (χ4n) is 2.27. The third-order valence-corrected chi connectivity index (χ3v) is 8.18. The topological polar surface area (TPSA) is 66.8 Å². The van der Waals surface area contributed by atoms with Gasteiger partial charge in [-0.1, -0.05) is 0 Å². The molecule has 0 bridgehead atoms. The zero-order valence-corrected chi connectivity index (χ0v) is 13.6. The van der Waals surface area contributed by atoms with Crippen LogP contribution in [0, 0.1) is 0 Å². The number of alkyl halides is 3. The van der Waals surface area contributed by atoms with Crippen molar-refractivity contribution in [2.24, 2.45) is 0 Å². The standard InChI is InChI=1S/C12H17F3NO4PS/c1-16-6-8-21(17,9-7-16)11-4-2-10(3-5-11)20-22(18,19)12(13,14)15/h2-5,17,21H,6-9H2,1H3. The van der Waals surface area contributed by atoms with Crippen LogP contribution in [0.4, 0.5) is 13.2 Å². The summed E-state index contributed by atoms with van der Waals surface area (Å²) >= 11 is 0. The Morgan fingerprint density at radius 2 is 1.68 bits per heavy atom. The molecule has 1 aliphatic rings. The van der Waals surface area contributed by atoms with Gasteiger partial charge in [0.05, 0.1) is 0 Å². The Bertz CT molecular complexity index is 625. The Morgan fingerprint density at radius 3 is 2.14 bits per heavy atom. The van der Waals surface area contributed by atoms with Crippen LogP contribution >= 0.6 is 7.49 Å². The van der Waals surface area contributed by atoms with Crippen molar-refractivity contribution in [1.29, 1.82) is 0 Å². The van der Waals surface area contributed by atoms with Gasteiger partial charge in [0.2, 0.25) is 0 Å². The zero-order valence-electron chi connectivity index (χ0n) is 11.8. The minimum absolute atomic E-state index is 0.424. The van der Waals surface area contributed by atoms with Crippen LogP contribution in [0.2, 0.25) is 0 Å². The quantitative estimate of drug-likeness (QED) is 0.498. The molecule has 1 fully saturated rings. The van der Waals surface area contributed by atoms with Gasteiger partial charge in [-0.25, -0.2) is 0 Å². The van der Waals surface area contributed by atoms with Crippen molar-refractivity contribution in [2.45, 2.75) is 5.51 Å². The number of halogens is 3. The van der Waals surface area contributed by atoms with Gasteiger partial charge in [-0.3, -0.25) is 0 Å². The van der Waals surface area contributed by atoms with Crippen LogP contribution in [-0.4, -0.2) is 56.2 Å². The van der Waals surface area contributed by atoms with Crippen molar-refractivity contribution in [1.82, 2.24) is 4.90 Å².